The van der Waals surface area contributed by atoms with Gasteiger partial charge in [-0.2, -0.15) is 0 Å². The molecule has 2 N–H and O–H groups in total. The molecule has 0 heterocycles. The summed E-state index contributed by atoms with van der Waals surface area (Å²) in [5.41, 5.74) is 2.21. The van der Waals surface area contributed by atoms with Gasteiger partial charge in [-0.1, -0.05) is 5.92 Å². The van der Waals surface area contributed by atoms with E-state index in [0.717, 1.165) is 6.42 Å². The normalized spacial score (nSPS) is 10.6. The number of carbonyl (C=O) groups excluding carboxylic acids is 1. The van der Waals surface area contributed by atoms with Crippen molar-refractivity contribution in [3.63, 3.8) is 0 Å². The van der Waals surface area contributed by atoms with Crippen LogP contribution in [0.3, 0.4) is 0 Å². The number of carbonyl (C=O) groups is 1. The Morgan fingerprint density at radius 1 is 1.38 bits per heavy atom. The van der Waals surface area contributed by atoms with Gasteiger partial charge in [0, 0.05) is 13.1 Å². The minimum absolute atomic E-state index is 0.236. The molecule has 0 aliphatic carbocycles. The highest BCUT2D eigenvalue weighted by atomic mass is 16.6. The molecule has 0 aromatic heterocycles. The first-order valence-corrected chi connectivity index (χ1v) is 5.20. The van der Waals surface area contributed by atoms with Crippen molar-refractivity contribution < 1.29 is 14.4 Å². The van der Waals surface area contributed by atoms with Gasteiger partial charge in [-0.05, 0) is 27.2 Å². The number of alkyl carbamates (subject to hydrolysis) is 1. The maximum atomic E-state index is 11.2. The Labute approximate surface area is 96.8 Å². The molecule has 0 rings (SSSR count). The van der Waals surface area contributed by atoms with Crippen molar-refractivity contribution >= 4 is 6.09 Å². The minimum atomic E-state index is -0.460. The first-order chi connectivity index (χ1) is 7.45. The molecule has 1 amide bonds. The third-order valence-electron chi connectivity index (χ3n) is 1.38. The van der Waals surface area contributed by atoms with Crippen LogP contribution in [0.2, 0.25) is 0 Å². The molecule has 5 nitrogen and oxygen atoms in total. The summed E-state index contributed by atoms with van der Waals surface area (Å²) < 4.78 is 5.05. The summed E-state index contributed by atoms with van der Waals surface area (Å²) in [6, 6.07) is 0. The van der Waals surface area contributed by atoms with Crippen molar-refractivity contribution in [3.8, 4) is 12.3 Å². The quantitative estimate of drug-likeness (QED) is 0.405. The Morgan fingerprint density at radius 2 is 2.06 bits per heavy atom. The first kappa shape index (κ1) is 14.8. The van der Waals surface area contributed by atoms with Crippen molar-refractivity contribution in [2.24, 2.45) is 0 Å². The van der Waals surface area contributed by atoms with Crippen LogP contribution < -0.4 is 10.8 Å². The van der Waals surface area contributed by atoms with E-state index in [2.05, 4.69) is 16.7 Å². The third kappa shape index (κ3) is 10.8. The zero-order valence-corrected chi connectivity index (χ0v) is 10.1. The van der Waals surface area contributed by atoms with E-state index in [-0.39, 0.29) is 6.61 Å². The zero-order valence-electron chi connectivity index (χ0n) is 10.1. The van der Waals surface area contributed by atoms with Gasteiger partial charge in [0.1, 0.15) is 12.2 Å². The number of hydroxylamine groups is 1. The van der Waals surface area contributed by atoms with Crippen molar-refractivity contribution in [3.05, 3.63) is 0 Å². The lowest BCUT2D eigenvalue weighted by atomic mass is 10.2. The van der Waals surface area contributed by atoms with E-state index < -0.39 is 11.7 Å². The van der Waals surface area contributed by atoms with Gasteiger partial charge in [-0.3, -0.25) is 4.84 Å². The highest BCUT2D eigenvalue weighted by Crippen LogP contribution is 2.06. The molecule has 5 heteroatoms. The van der Waals surface area contributed by atoms with Crippen molar-refractivity contribution in [2.45, 2.75) is 32.8 Å². The molecule has 0 aromatic rings. The molecule has 16 heavy (non-hydrogen) atoms. The van der Waals surface area contributed by atoms with Gasteiger partial charge in [0.2, 0.25) is 0 Å². The van der Waals surface area contributed by atoms with Gasteiger partial charge in [-0.25, -0.2) is 10.3 Å². The van der Waals surface area contributed by atoms with Crippen LogP contribution in [0.25, 0.3) is 0 Å². The minimum Gasteiger partial charge on any atom is -0.444 e. The van der Waals surface area contributed by atoms with Gasteiger partial charge in [0.15, 0.2) is 0 Å². The largest absolute Gasteiger partial charge is 0.444 e. The van der Waals surface area contributed by atoms with E-state index >= 15 is 0 Å². The number of ether oxygens (including phenoxy) is 1. The number of amides is 1. The second-order valence-electron chi connectivity index (χ2n) is 4.17. The van der Waals surface area contributed by atoms with Crippen LogP contribution >= 0.6 is 0 Å². The average Bonchev–Trinajstić information content (AvgIpc) is 2.13. The Bertz CT molecular complexity index is 241. The second kappa shape index (κ2) is 7.97. The SMILES string of the molecule is C#CCONCCCNC(=O)OC(C)(C)C. The lowest BCUT2D eigenvalue weighted by Crippen LogP contribution is -2.33. The Hall–Kier alpha value is -1.25. The highest BCUT2D eigenvalue weighted by molar-refractivity contribution is 5.67. The van der Waals surface area contributed by atoms with E-state index in [1.165, 1.54) is 0 Å². The second-order valence-corrected chi connectivity index (χ2v) is 4.17. The standard InChI is InChI=1S/C11H20N2O3/c1-5-9-15-13-8-6-7-12-10(14)16-11(2,3)4/h1,13H,6-9H2,2-4H3,(H,12,14). The number of hydrogen-bond acceptors (Lipinski definition) is 4. The van der Waals surface area contributed by atoms with Gasteiger partial charge in [0.25, 0.3) is 0 Å². The number of terminal acetylenes is 1. The van der Waals surface area contributed by atoms with Crippen molar-refractivity contribution in [1.29, 1.82) is 0 Å². The molecule has 0 aromatic carbocycles. The molecule has 0 aliphatic rings. The summed E-state index contributed by atoms with van der Waals surface area (Å²) in [4.78, 5) is 16.0. The van der Waals surface area contributed by atoms with Crippen molar-refractivity contribution in [1.82, 2.24) is 10.8 Å². The van der Waals surface area contributed by atoms with E-state index in [4.69, 9.17) is 16.0 Å². The van der Waals surface area contributed by atoms with Crippen molar-refractivity contribution in [2.75, 3.05) is 19.7 Å². The fourth-order valence-electron chi connectivity index (χ4n) is 0.830. The molecule has 0 saturated carbocycles. The monoisotopic (exact) mass is 228 g/mol. The molecule has 0 aliphatic heterocycles. The van der Waals surface area contributed by atoms with Crippen LogP contribution in [0.1, 0.15) is 27.2 Å². The molecule has 0 bridgehead atoms. The summed E-state index contributed by atoms with van der Waals surface area (Å²) in [5.74, 6) is 2.33. The van der Waals surface area contributed by atoms with Crippen LogP contribution in [0, 0.1) is 12.3 Å². The number of rotatable bonds is 6. The van der Waals surface area contributed by atoms with Crippen LogP contribution in [0.5, 0.6) is 0 Å². The van der Waals surface area contributed by atoms with E-state index in [0.29, 0.717) is 13.1 Å². The van der Waals surface area contributed by atoms with E-state index in [1.807, 2.05) is 20.8 Å². The van der Waals surface area contributed by atoms with E-state index in [1.54, 1.807) is 0 Å². The highest BCUT2D eigenvalue weighted by Gasteiger charge is 2.15. The summed E-state index contributed by atoms with van der Waals surface area (Å²) in [6.45, 7) is 6.85. The number of nitrogens with one attached hydrogen (secondary N) is 2. The van der Waals surface area contributed by atoms with Gasteiger partial charge in [-0.15, -0.1) is 6.42 Å². The predicted molar refractivity (Wildman–Crippen MR) is 61.6 cm³/mol. The Balaban J connectivity index is 3.32. The maximum Gasteiger partial charge on any atom is 0.407 e. The molecule has 0 saturated heterocycles. The van der Waals surface area contributed by atoms with Crippen LogP contribution in [-0.2, 0) is 9.57 Å². The molecule has 0 unspecified atom stereocenters. The number of hydrogen-bond donors (Lipinski definition) is 2. The van der Waals surface area contributed by atoms with Crippen LogP contribution in [-0.4, -0.2) is 31.4 Å². The Morgan fingerprint density at radius 3 is 2.62 bits per heavy atom. The summed E-state index contributed by atoms with van der Waals surface area (Å²) >= 11 is 0. The summed E-state index contributed by atoms with van der Waals surface area (Å²) in [6.07, 6.45) is 5.31. The molecular weight excluding hydrogens is 208 g/mol. The predicted octanol–water partition coefficient (Wildman–Crippen LogP) is 1.06. The molecule has 0 atom stereocenters. The van der Waals surface area contributed by atoms with Gasteiger partial charge >= 0.3 is 6.09 Å². The fraction of sp³-hybridized carbons (Fsp3) is 0.727. The topological polar surface area (TPSA) is 59.6 Å². The molecule has 92 valence electrons. The van der Waals surface area contributed by atoms with Gasteiger partial charge in [0.05, 0.1) is 0 Å². The smallest absolute Gasteiger partial charge is 0.407 e. The zero-order chi connectivity index (χ0) is 12.4. The van der Waals surface area contributed by atoms with E-state index in [9.17, 15) is 4.79 Å². The molecule has 0 fully saturated rings. The Kier molecular flexibility index (Phi) is 7.34. The summed E-state index contributed by atoms with van der Waals surface area (Å²) in [5, 5.41) is 2.63. The lowest BCUT2D eigenvalue weighted by molar-refractivity contribution is 0.0509. The lowest BCUT2D eigenvalue weighted by Gasteiger charge is -2.19. The molecular formula is C11H20N2O3. The molecule has 0 spiro atoms. The third-order valence-corrected chi connectivity index (χ3v) is 1.38. The first-order valence-electron chi connectivity index (χ1n) is 5.20. The van der Waals surface area contributed by atoms with Crippen LogP contribution in [0.4, 0.5) is 4.79 Å². The summed E-state index contributed by atoms with van der Waals surface area (Å²) in [7, 11) is 0. The van der Waals surface area contributed by atoms with Gasteiger partial charge < -0.3 is 10.1 Å². The average molecular weight is 228 g/mol. The maximum absolute atomic E-state index is 11.2. The fourth-order valence-corrected chi connectivity index (χ4v) is 0.830. The van der Waals surface area contributed by atoms with Crippen LogP contribution in [0.15, 0.2) is 0 Å². The molecule has 0 radical (unpaired) electrons.